The van der Waals surface area contributed by atoms with Crippen LogP contribution in [0.4, 0.5) is 5.69 Å². The van der Waals surface area contributed by atoms with Gasteiger partial charge in [0, 0.05) is 31.6 Å². The number of carbonyl (C=O) groups is 2. The highest BCUT2D eigenvalue weighted by Crippen LogP contribution is 2.28. The van der Waals surface area contributed by atoms with Crippen LogP contribution in [-0.2, 0) is 16.1 Å². The van der Waals surface area contributed by atoms with Crippen LogP contribution in [0.1, 0.15) is 38.2 Å². The average molecular weight is 326 g/mol. The minimum atomic E-state index is -0.0171. The Kier molecular flexibility index (Phi) is 7.35. The van der Waals surface area contributed by atoms with Crippen LogP contribution >= 0.6 is 12.4 Å². The van der Waals surface area contributed by atoms with E-state index in [4.69, 9.17) is 5.73 Å². The molecule has 1 aliphatic rings. The molecule has 0 spiro atoms. The Morgan fingerprint density at radius 2 is 1.91 bits per heavy atom. The zero-order valence-corrected chi connectivity index (χ0v) is 13.7. The molecule has 5 nitrogen and oxygen atoms in total. The van der Waals surface area contributed by atoms with E-state index in [2.05, 4.69) is 5.32 Å². The van der Waals surface area contributed by atoms with Gasteiger partial charge in [0.15, 0.2) is 0 Å². The number of amides is 2. The summed E-state index contributed by atoms with van der Waals surface area (Å²) in [5, 5.41) is 2.84. The molecule has 2 rings (SSSR count). The molecular formula is C16H24ClN3O2. The molecule has 122 valence electrons. The fourth-order valence-corrected chi connectivity index (χ4v) is 2.26. The minimum Gasteiger partial charge on any atom is -0.336 e. The standard InChI is InChI=1S/C16H23N3O2.ClH/c1-12(20)19(15-8-9-15)11-13-4-6-14(7-5-13)18-16(21)3-2-10-17;/h4-7,15H,2-3,8-11,17H2,1H3,(H,18,21);1H. The summed E-state index contributed by atoms with van der Waals surface area (Å²) in [4.78, 5) is 25.1. The third-order valence-electron chi connectivity index (χ3n) is 3.59. The van der Waals surface area contributed by atoms with Crippen molar-refractivity contribution in [3.05, 3.63) is 29.8 Å². The number of rotatable bonds is 7. The summed E-state index contributed by atoms with van der Waals surface area (Å²) in [5.74, 6) is 0.105. The smallest absolute Gasteiger partial charge is 0.224 e. The summed E-state index contributed by atoms with van der Waals surface area (Å²) >= 11 is 0. The van der Waals surface area contributed by atoms with E-state index >= 15 is 0 Å². The molecule has 0 bridgehead atoms. The largest absolute Gasteiger partial charge is 0.336 e. The first-order valence-electron chi connectivity index (χ1n) is 7.46. The first-order chi connectivity index (χ1) is 10.1. The molecule has 2 amide bonds. The van der Waals surface area contributed by atoms with Crippen LogP contribution in [-0.4, -0.2) is 29.3 Å². The molecule has 0 radical (unpaired) electrons. The monoisotopic (exact) mass is 325 g/mol. The highest BCUT2D eigenvalue weighted by molar-refractivity contribution is 5.90. The Hall–Kier alpha value is -1.59. The lowest BCUT2D eigenvalue weighted by atomic mass is 10.2. The van der Waals surface area contributed by atoms with Gasteiger partial charge in [0.05, 0.1) is 0 Å². The predicted octanol–water partition coefficient (Wildman–Crippen LogP) is 2.30. The molecule has 1 aliphatic carbocycles. The fourth-order valence-electron chi connectivity index (χ4n) is 2.26. The number of benzene rings is 1. The highest BCUT2D eigenvalue weighted by Gasteiger charge is 2.30. The summed E-state index contributed by atoms with van der Waals surface area (Å²) in [6.45, 7) is 2.78. The molecule has 22 heavy (non-hydrogen) atoms. The van der Waals surface area contributed by atoms with Crippen LogP contribution in [0.15, 0.2) is 24.3 Å². The van der Waals surface area contributed by atoms with Crippen LogP contribution in [0.3, 0.4) is 0 Å². The second-order valence-electron chi connectivity index (χ2n) is 5.52. The van der Waals surface area contributed by atoms with Crippen LogP contribution in [0.5, 0.6) is 0 Å². The molecule has 6 heteroatoms. The lowest BCUT2D eigenvalue weighted by Crippen LogP contribution is -2.30. The quantitative estimate of drug-likeness (QED) is 0.807. The molecule has 0 aromatic heterocycles. The fraction of sp³-hybridized carbons (Fsp3) is 0.500. The van der Waals surface area contributed by atoms with Gasteiger partial charge in [-0.15, -0.1) is 12.4 Å². The summed E-state index contributed by atoms with van der Waals surface area (Å²) in [7, 11) is 0. The van der Waals surface area contributed by atoms with E-state index in [0.29, 0.717) is 32.0 Å². The van der Waals surface area contributed by atoms with Crippen molar-refractivity contribution < 1.29 is 9.59 Å². The molecule has 1 aromatic carbocycles. The van der Waals surface area contributed by atoms with E-state index in [1.807, 2.05) is 29.2 Å². The third-order valence-corrected chi connectivity index (χ3v) is 3.59. The first kappa shape index (κ1) is 18.5. The molecule has 0 saturated heterocycles. The van der Waals surface area contributed by atoms with Crippen molar-refractivity contribution >= 4 is 29.9 Å². The summed E-state index contributed by atoms with van der Waals surface area (Å²) in [5.41, 5.74) is 7.24. The zero-order valence-electron chi connectivity index (χ0n) is 12.9. The van der Waals surface area contributed by atoms with Gasteiger partial charge in [0.2, 0.25) is 11.8 Å². The van der Waals surface area contributed by atoms with Gasteiger partial charge in [-0.2, -0.15) is 0 Å². The van der Waals surface area contributed by atoms with Gasteiger partial charge in [0.25, 0.3) is 0 Å². The molecule has 1 saturated carbocycles. The van der Waals surface area contributed by atoms with E-state index in [9.17, 15) is 9.59 Å². The van der Waals surface area contributed by atoms with E-state index in [0.717, 1.165) is 24.1 Å². The number of nitrogens with zero attached hydrogens (tertiary/aromatic N) is 1. The van der Waals surface area contributed by atoms with Crippen LogP contribution in [0.2, 0.25) is 0 Å². The third kappa shape index (κ3) is 5.66. The van der Waals surface area contributed by atoms with E-state index in [1.165, 1.54) is 0 Å². The molecule has 0 heterocycles. The van der Waals surface area contributed by atoms with Crippen molar-refractivity contribution in [2.24, 2.45) is 5.73 Å². The number of anilines is 1. The van der Waals surface area contributed by atoms with Gasteiger partial charge in [-0.05, 0) is 43.5 Å². The number of hydrogen-bond donors (Lipinski definition) is 2. The number of hydrogen-bond acceptors (Lipinski definition) is 3. The highest BCUT2D eigenvalue weighted by atomic mass is 35.5. The van der Waals surface area contributed by atoms with E-state index < -0.39 is 0 Å². The van der Waals surface area contributed by atoms with Gasteiger partial charge >= 0.3 is 0 Å². The molecule has 1 aromatic rings. The maximum atomic E-state index is 11.6. The maximum absolute atomic E-state index is 11.6. The van der Waals surface area contributed by atoms with Crippen molar-refractivity contribution in [2.45, 2.75) is 45.2 Å². The SMILES string of the molecule is CC(=O)N(Cc1ccc(NC(=O)CCCN)cc1)C1CC1.Cl. The maximum Gasteiger partial charge on any atom is 0.224 e. The van der Waals surface area contributed by atoms with Crippen molar-refractivity contribution in [1.82, 2.24) is 4.90 Å². The van der Waals surface area contributed by atoms with Gasteiger partial charge < -0.3 is 16.0 Å². The molecule has 1 fully saturated rings. The van der Waals surface area contributed by atoms with Crippen molar-refractivity contribution in [3.8, 4) is 0 Å². The minimum absolute atomic E-state index is 0. The van der Waals surface area contributed by atoms with Crippen molar-refractivity contribution in [3.63, 3.8) is 0 Å². The normalized spacial score (nSPS) is 13.2. The van der Waals surface area contributed by atoms with E-state index in [1.54, 1.807) is 6.92 Å². The lowest BCUT2D eigenvalue weighted by molar-refractivity contribution is -0.130. The van der Waals surface area contributed by atoms with Crippen LogP contribution in [0, 0.1) is 0 Å². The Balaban J connectivity index is 0.00000242. The molecule has 0 atom stereocenters. The summed E-state index contributed by atoms with van der Waals surface area (Å²) in [6.07, 6.45) is 3.35. The number of carbonyl (C=O) groups excluding carboxylic acids is 2. The Bertz CT molecular complexity index is 501. The summed E-state index contributed by atoms with van der Waals surface area (Å²) < 4.78 is 0. The molecule has 3 N–H and O–H groups in total. The Morgan fingerprint density at radius 1 is 1.27 bits per heavy atom. The molecule has 0 unspecified atom stereocenters. The van der Waals surface area contributed by atoms with Crippen LogP contribution < -0.4 is 11.1 Å². The zero-order chi connectivity index (χ0) is 15.2. The molecule has 0 aliphatic heterocycles. The predicted molar refractivity (Wildman–Crippen MR) is 89.9 cm³/mol. The van der Waals surface area contributed by atoms with E-state index in [-0.39, 0.29) is 24.2 Å². The Morgan fingerprint density at radius 3 is 2.41 bits per heavy atom. The first-order valence-corrected chi connectivity index (χ1v) is 7.46. The average Bonchev–Trinajstić information content (AvgIpc) is 3.28. The lowest BCUT2D eigenvalue weighted by Gasteiger charge is -2.20. The number of nitrogens with one attached hydrogen (secondary N) is 1. The molecular weight excluding hydrogens is 302 g/mol. The van der Waals surface area contributed by atoms with Crippen LogP contribution in [0.25, 0.3) is 0 Å². The van der Waals surface area contributed by atoms with Crippen molar-refractivity contribution in [1.29, 1.82) is 0 Å². The van der Waals surface area contributed by atoms with Gasteiger partial charge in [-0.1, -0.05) is 12.1 Å². The van der Waals surface area contributed by atoms with Gasteiger partial charge in [-0.25, -0.2) is 0 Å². The van der Waals surface area contributed by atoms with Crippen molar-refractivity contribution in [2.75, 3.05) is 11.9 Å². The Labute approximate surface area is 137 Å². The number of halogens is 1. The summed E-state index contributed by atoms with van der Waals surface area (Å²) in [6, 6.07) is 8.08. The second kappa shape index (κ2) is 8.76. The second-order valence-corrected chi connectivity index (χ2v) is 5.52. The van der Waals surface area contributed by atoms with Gasteiger partial charge in [-0.3, -0.25) is 9.59 Å². The number of nitrogens with two attached hydrogens (primary N) is 1. The van der Waals surface area contributed by atoms with Gasteiger partial charge in [0.1, 0.15) is 0 Å². The topological polar surface area (TPSA) is 75.4 Å².